The number of thioether (sulfide) groups is 1. The number of anilines is 1. The molecular formula is C19H26N2O3S. The molecule has 2 aromatic rings. The van der Waals surface area contributed by atoms with Crippen molar-refractivity contribution in [3.8, 4) is 5.75 Å². The van der Waals surface area contributed by atoms with Crippen molar-refractivity contribution in [2.75, 3.05) is 18.2 Å². The van der Waals surface area contributed by atoms with Crippen molar-refractivity contribution < 1.29 is 14.1 Å². The van der Waals surface area contributed by atoms with E-state index in [9.17, 15) is 4.79 Å². The summed E-state index contributed by atoms with van der Waals surface area (Å²) in [4.78, 5) is 12.3. The number of carbonyl (C=O) groups is 1. The van der Waals surface area contributed by atoms with Crippen molar-refractivity contribution in [3.63, 3.8) is 0 Å². The summed E-state index contributed by atoms with van der Waals surface area (Å²) in [6.45, 7) is 10.2. The van der Waals surface area contributed by atoms with Crippen molar-refractivity contribution in [1.29, 1.82) is 0 Å². The van der Waals surface area contributed by atoms with E-state index in [1.54, 1.807) is 7.11 Å². The molecule has 25 heavy (non-hydrogen) atoms. The van der Waals surface area contributed by atoms with Crippen LogP contribution in [0, 0.1) is 13.8 Å². The van der Waals surface area contributed by atoms with Gasteiger partial charge in [-0.1, -0.05) is 32.0 Å². The standard InChI is InChI=1S/C19H26N2O3S/c1-12-15(13(2)24-21-12)10-25-11-18(22)20-16-9-14(19(3,4)5)7-8-17(16)23-6/h7-9H,10-11H2,1-6H3,(H,20,22). The molecule has 0 aliphatic carbocycles. The van der Waals surface area contributed by atoms with Gasteiger partial charge in [0.15, 0.2) is 0 Å². The first-order chi connectivity index (χ1) is 11.7. The Balaban J connectivity index is 2.00. The number of amides is 1. The van der Waals surface area contributed by atoms with Gasteiger partial charge in [-0.3, -0.25) is 4.79 Å². The zero-order valence-electron chi connectivity index (χ0n) is 15.7. The molecule has 6 heteroatoms. The van der Waals surface area contributed by atoms with E-state index in [0.29, 0.717) is 22.9 Å². The number of benzene rings is 1. The number of methoxy groups -OCH3 is 1. The van der Waals surface area contributed by atoms with E-state index in [1.165, 1.54) is 11.8 Å². The average Bonchev–Trinajstić information content (AvgIpc) is 2.85. The molecule has 0 bridgehead atoms. The van der Waals surface area contributed by atoms with Crippen LogP contribution in [0.15, 0.2) is 22.7 Å². The lowest BCUT2D eigenvalue weighted by atomic mass is 9.87. The first-order valence-corrected chi connectivity index (χ1v) is 9.35. The number of carbonyl (C=O) groups excluding carboxylic acids is 1. The van der Waals surface area contributed by atoms with Crippen molar-refractivity contribution in [3.05, 3.63) is 40.8 Å². The summed E-state index contributed by atoms with van der Waals surface area (Å²) in [7, 11) is 1.61. The SMILES string of the molecule is COc1ccc(C(C)(C)C)cc1NC(=O)CSCc1c(C)noc1C. The molecule has 1 heterocycles. The van der Waals surface area contributed by atoms with E-state index in [1.807, 2.05) is 32.0 Å². The van der Waals surface area contributed by atoms with E-state index >= 15 is 0 Å². The average molecular weight is 362 g/mol. The van der Waals surface area contributed by atoms with Crippen LogP contribution in [0.2, 0.25) is 0 Å². The largest absolute Gasteiger partial charge is 0.495 e. The smallest absolute Gasteiger partial charge is 0.234 e. The number of aryl methyl sites for hydroxylation is 2. The van der Waals surface area contributed by atoms with Gasteiger partial charge in [0.05, 0.1) is 24.2 Å². The molecule has 5 nitrogen and oxygen atoms in total. The van der Waals surface area contributed by atoms with Crippen LogP contribution in [0.3, 0.4) is 0 Å². The summed E-state index contributed by atoms with van der Waals surface area (Å²) in [5.74, 6) is 2.48. The van der Waals surface area contributed by atoms with E-state index < -0.39 is 0 Å². The van der Waals surface area contributed by atoms with Gasteiger partial charge in [-0.25, -0.2) is 0 Å². The molecule has 1 aromatic heterocycles. The molecule has 0 fully saturated rings. The highest BCUT2D eigenvalue weighted by molar-refractivity contribution is 7.99. The predicted octanol–water partition coefficient (Wildman–Crippen LogP) is 4.47. The summed E-state index contributed by atoms with van der Waals surface area (Å²) in [6, 6.07) is 5.91. The van der Waals surface area contributed by atoms with Gasteiger partial charge in [0, 0.05) is 11.3 Å². The Labute approximate surface area is 153 Å². The Bertz CT molecular complexity index is 728. The van der Waals surface area contributed by atoms with E-state index in [0.717, 1.165) is 22.6 Å². The van der Waals surface area contributed by atoms with Gasteiger partial charge in [0.1, 0.15) is 11.5 Å². The second-order valence-electron chi connectivity index (χ2n) is 7.01. The number of hydrogen-bond donors (Lipinski definition) is 1. The fourth-order valence-corrected chi connectivity index (χ4v) is 3.39. The highest BCUT2D eigenvalue weighted by atomic mass is 32.2. The summed E-state index contributed by atoms with van der Waals surface area (Å²) in [5.41, 5.74) is 3.80. The summed E-state index contributed by atoms with van der Waals surface area (Å²) >= 11 is 1.54. The molecule has 0 spiro atoms. The Kier molecular flexibility index (Phi) is 6.16. The van der Waals surface area contributed by atoms with Crippen molar-refractivity contribution >= 4 is 23.4 Å². The van der Waals surface area contributed by atoms with Crippen LogP contribution in [0.5, 0.6) is 5.75 Å². The first kappa shape index (κ1) is 19.4. The minimum absolute atomic E-state index is 0.00380. The summed E-state index contributed by atoms with van der Waals surface area (Å²) < 4.78 is 10.5. The Hall–Kier alpha value is -1.95. The minimum atomic E-state index is -0.0545. The molecule has 0 aliphatic heterocycles. The third-order valence-electron chi connectivity index (χ3n) is 4.00. The summed E-state index contributed by atoms with van der Waals surface area (Å²) in [6.07, 6.45) is 0. The van der Waals surface area contributed by atoms with E-state index in [-0.39, 0.29) is 11.3 Å². The number of hydrogen-bond acceptors (Lipinski definition) is 5. The molecule has 1 aromatic carbocycles. The van der Waals surface area contributed by atoms with Gasteiger partial charge in [-0.2, -0.15) is 0 Å². The Morgan fingerprint density at radius 2 is 2.04 bits per heavy atom. The first-order valence-electron chi connectivity index (χ1n) is 8.20. The van der Waals surface area contributed by atoms with Crippen molar-refractivity contribution in [2.45, 2.75) is 45.8 Å². The number of rotatable bonds is 6. The molecular weight excluding hydrogens is 336 g/mol. The maximum atomic E-state index is 12.3. The number of aromatic nitrogens is 1. The predicted molar refractivity (Wildman–Crippen MR) is 102 cm³/mol. The lowest BCUT2D eigenvalue weighted by molar-refractivity contribution is -0.113. The van der Waals surface area contributed by atoms with E-state index in [4.69, 9.17) is 9.26 Å². The van der Waals surface area contributed by atoms with Crippen molar-refractivity contribution in [1.82, 2.24) is 5.16 Å². The fraction of sp³-hybridized carbons (Fsp3) is 0.474. The van der Waals surface area contributed by atoms with Crippen LogP contribution >= 0.6 is 11.8 Å². The van der Waals surface area contributed by atoms with Crippen molar-refractivity contribution in [2.24, 2.45) is 0 Å². The van der Waals surface area contributed by atoms with Crippen LogP contribution < -0.4 is 10.1 Å². The molecule has 0 unspecified atom stereocenters. The maximum absolute atomic E-state index is 12.3. The van der Waals surface area contributed by atoms with Crippen LogP contribution in [-0.2, 0) is 16.0 Å². The Morgan fingerprint density at radius 1 is 1.32 bits per heavy atom. The highest BCUT2D eigenvalue weighted by Crippen LogP contribution is 2.31. The monoisotopic (exact) mass is 362 g/mol. The molecule has 0 saturated heterocycles. The maximum Gasteiger partial charge on any atom is 0.234 e. The number of nitrogens with zero attached hydrogens (tertiary/aromatic N) is 1. The highest BCUT2D eigenvalue weighted by Gasteiger charge is 2.17. The third kappa shape index (κ3) is 5.01. The van der Waals surface area contributed by atoms with Gasteiger partial charge in [-0.15, -0.1) is 11.8 Å². The van der Waals surface area contributed by atoms with E-state index in [2.05, 4.69) is 31.2 Å². The fourth-order valence-electron chi connectivity index (χ4n) is 2.41. The lowest BCUT2D eigenvalue weighted by Gasteiger charge is -2.21. The normalized spacial score (nSPS) is 11.4. The second kappa shape index (κ2) is 7.95. The molecule has 0 atom stereocenters. The van der Waals surface area contributed by atoms with Gasteiger partial charge < -0.3 is 14.6 Å². The van der Waals surface area contributed by atoms with Gasteiger partial charge in [-0.05, 0) is 37.0 Å². The lowest BCUT2D eigenvalue weighted by Crippen LogP contribution is -2.17. The second-order valence-corrected chi connectivity index (χ2v) is 7.99. The molecule has 136 valence electrons. The van der Waals surface area contributed by atoms with Gasteiger partial charge in [0.2, 0.25) is 5.91 Å². The van der Waals surface area contributed by atoms with Crippen LogP contribution in [0.1, 0.15) is 43.4 Å². The molecule has 0 aliphatic rings. The van der Waals surface area contributed by atoms with Gasteiger partial charge >= 0.3 is 0 Å². The zero-order chi connectivity index (χ0) is 18.6. The Morgan fingerprint density at radius 3 is 2.60 bits per heavy atom. The quantitative estimate of drug-likeness (QED) is 0.821. The number of ether oxygens (including phenoxy) is 1. The zero-order valence-corrected chi connectivity index (χ0v) is 16.5. The molecule has 0 radical (unpaired) electrons. The van der Waals surface area contributed by atoms with Crippen LogP contribution in [0.25, 0.3) is 0 Å². The van der Waals surface area contributed by atoms with Crippen LogP contribution in [0.4, 0.5) is 5.69 Å². The third-order valence-corrected chi connectivity index (χ3v) is 4.96. The molecule has 1 N–H and O–H groups in total. The topological polar surface area (TPSA) is 64.4 Å². The molecule has 1 amide bonds. The molecule has 0 saturated carbocycles. The summed E-state index contributed by atoms with van der Waals surface area (Å²) in [5, 5.41) is 6.89. The molecule has 2 rings (SSSR count). The number of nitrogens with one attached hydrogen (secondary N) is 1. The van der Waals surface area contributed by atoms with Crippen LogP contribution in [-0.4, -0.2) is 23.9 Å². The van der Waals surface area contributed by atoms with Gasteiger partial charge in [0.25, 0.3) is 0 Å². The minimum Gasteiger partial charge on any atom is -0.495 e.